The van der Waals surface area contributed by atoms with E-state index in [-0.39, 0.29) is 24.8 Å². The van der Waals surface area contributed by atoms with Crippen molar-refractivity contribution >= 4 is 34.6 Å². The number of carbonyl (C=O) groups is 2. The number of halogens is 1. The lowest BCUT2D eigenvalue weighted by Crippen LogP contribution is -2.31. The van der Waals surface area contributed by atoms with Crippen LogP contribution in [0.1, 0.15) is 28.2 Å². The van der Waals surface area contributed by atoms with Gasteiger partial charge in [-0.2, -0.15) is 0 Å². The van der Waals surface area contributed by atoms with Crippen LogP contribution in [-0.2, 0) is 9.53 Å². The summed E-state index contributed by atoms with van der Waals surface area (Å²) in [5, 5.41) is 1.99. The van der Waals surface area contributed by atoms with Crippen LogP contribution in [0.3, 0.4) is 0 Å². The average molecular weight is 444 g/mol. The van der Waals surface area contributed by atoms with E-state index in [2.05, 4.69) is 0 Å². The summed E-state index contributed by atoms with van der Waals surface area (Å²) in [4.78, 5) is 30.3. The van der Waals surface area contributed by atoms with Crippen LogP contribution in [-0.4, -0.2) is 36.0 Å². The number of ether oxygens (including phenoxy) is 2. The number of esters is 1. The maximum absolute atomic E-state index is 14.3. The second-order valence-electron chi connectivity index (χ2n) is 7.14. The highest BCUT2D eigenvalue weighted by molar-refractivity contribution is 7.22. The standard InChI is InChI=1S/C22H18FNO4S2/c1-2-27-22(26)13-11-24(18-12-5-3-6-14(23)19(12)28-20(13)18)21(25)17-9-8-16(30-17)15-7-4-10-29-15/h3-10,13,18,20H,2,11H2,1H3/t13-,18+,20+/m1/s1. The predicted molar refractivity (Wildman–Crippen MR) is 112 cm³/mol. The molecule has 0 bridgehead atoms. The maximum Gasteiger partial charge on any atom is 0.314 e. The molecule has 3 atom stereocenters. The number of hydrogen-bond acceptors (Lipinski definition) is 6. The lowest BCUT2D eigenvalue weighted by molar-refractivity contribution is -0.149. The van der Waals surface area contributed by atoms with Crippen molar-refractivity contribution < 1.29 is 23.5 Å². The van der Waals surface area contributed by atoms with Crippen molar-refractivity contribution in [2.75, 3.05) is 13.2 Å². The normalized spacial score (nSPS) is 21.8. The average Bonchev–Trinajstić information content (AvgIpc) is 3.50. The van der Waals surface area contributed by atoms with Gasteiger partial charge in [0.05, 0.1) is 17.5 Å². The number of hydrogen-bond donors (Lipinski definition) is 0. The molecule has 2 aliphatic heterocycles. The molecule has 0 unspecified atom stereocenters. The second-order valence-corrected chi connectivity index (χ2v) is 9.17. The third kappa shape index (κ3) is 3.02. The fourth-order valence-electron chi connectivity index (χ4n) is 4.15. The first-order valence-electron chi connectivity index (χ1n) is 9.65. The van der Waals surface area contributed by atoms with E-state index in [1.165, 1.54) is 17.4 Å². The molecule has 0 aliphatic carbocycles. The summed E-state index contributed by atoms with van der Waals surface area (Å²) in [5.74, 6) is -1.66. The molecule has 0 saturated carbocycles. The minimum atomic E-state index is -0.664. The first kappa shape index (κ1) is 19.3. The van der Waals surface area contributed by atoms with Crippen LogP contribution in [0.15, 0.2) is 47.8 Å². The van der Waals surface area contributed by atoms with Crippen LogP contribution < -0.4 is 4.74 Å². The molecule has 30 heavy (non-hydrogen) atoms. The number of para-hydroxylation sites is 1. The van der Waals surface area contributed by atoms with E-state index in [9.17, 15) is 14.0 Å². The summed E-state index contributed by atoms with van der Waals surface area (Å²) >= 11 is 3.03. The first-order valence-corrected chi connectivity index (χ1v) is 11.3. The molecule has 4 heterocycles. The molecule has 2 aliphatic rings. The van der Waals surface area contributed by atoms with Crippen molar-refractivity contribution in [1.82, 2.24) is 4.90 Å². The van der Waals surface area contributed by atoms with Crippen LogP contribution in [0, 0.1) is 11.7 Å². The summed E-state index contributed by atoms with van der Waals surface area (Å²) in [6.45, 7) is 2.14. The maximum atomic E-state index is 14.3. The molecule has 0 radical (unpaired) electrons. The largest absolute Gasteiger partial charge is 0.483 e. The molecule has 5 nitrogen and oxygen atoms in total. The number of carbonyl (C=O) groups excluding carboxylic acids is 2. The quantitative estimate of drug-likeness (QED) is 0.546. The van der Waals surface area contributed by atoms with E-state index >= 15 is 0 Å². The number of amides is 1. The van der Waals surface area contributed by atoms with Gasteiger partial charge in [0.1, 0.15) is 12.0 Å². The van der Waals surface area contributed by atoms with E-state index < -0.39 is 29.9 Å². The van der Waals surface area contributed by atoms with Gasteiger partial charge in [-0.15, -0.1) is 22.7 Å². The molecule has 0 spiro atoms. The Morgan fingerprint density at radius 1 is 1.20 bits per heavy atom. The van der Waals surface area contributed by atoms with Gasteiger partial charge in [0, 0.05) is 21.9 Å². The molecule has 3 aromatic rings. The number of rotatable bonds is 4. The highest BCUT2D eigenvalue weighted by Gasteiger charge is 2.55. The third-order valence-electron chi connectivity index (χ3n) is 5.44. The van der Waals surface area contributed by atoms with E-state index in [4.69, 9.17) is 9.47 Å². The van der Waals surface area contributed by atoms with Crippen molar-refractivity contribution in [3.63, 3.8) is 0 Å². The highest BCUT2D eigenvalue weighted by atomic mass is 32.1. The molecule has 2 aromatic heterocycles. The topological polar surface area (TPSA) is 55.8 Å². The number of fused-ring (bicyclic) bond motifs is 3. The zero-order chi connectivity index (χ0) is 20.8. The Balaban J connectivity index is 1.50. The van der Waals surface area contributed by atoms with Crippen LogP contribution in [0.2, 0.25) is 0 Å². The Labute approximate surface area is 180 Å². The van der Waals surface area contributed by atoms with E-state index in [0.29, 0.717) is 10.4 Å². The van der Waals surface area contributed by atoms with Gasteiger partial charge in [0.15, 0.2) is 11.6 Å². The van der Waals surface area contributed by atoms with Crippen LogP contribution in [0.4, 0.5) is 4.39 Å². The fourth-order valence-corrected chi connectivity index (χ4v) is 5.95. The molecule has 1 saturated heterocycles. The zero-order valence-electron chi connectivity index (χ0n) is 16.0. The van der Waals surface area contributed by atoms with Gasteiger partial charge in [-0.05, 0) is 36.6 Å². The smallest absolute Gasteiger partial charge is 0.314 e. The number of nitrogens with zero attached hydrogens (tertiary/aromatic N) is 1. The summed E-state index contributed by atoms with van der Waals surface area (Å²) in [6.07, 6.45) is -0.656. The van der Waals surface area contributed by atoms with Gasteiger partial charge in [0.25, 0.3) is 5.91 Å². The zero-order valence-corrected chi connectivity index (χ0v) is 17.7. The molecule has 5 rings (SSSR count). The first-order chi connectivity index (χ1) is 14.6. The second kappa shape index (κ2) is 7.52. The predicted octanol–water partition coefficient (Wildman–Crippen LogP) is 4.75. The van der Waals surface area contributed by atoms with Crippen LogP contribution in [0.25, 0.3) is 9.75 Å². The monoisotopic (exact) mass is 443 g/mol. The van der Waals surface area contributed by atoms with Gasteiger partial charge >= 0.3 is 5.97 Å². The Kier molecular flexibility index (Phi) is 4.83. The summed E-state index contributed by atoms with van der Waals surface area (Å²) in [5.41, 5.74) is 0.593. The Morgan fingerprint density at radius 2 is 2.07 bits per heavy atom. The Morgan fingerprint density at radius 3 is 2.83 bits per heavy atom. The third-order valence-corrected chi connectivity index (χ3v) is 7.58. The van der Waals surface area contributed by atoms with Crippen molar-refractivity contribution in [1.29, 1.82) is 0 Å². The van der Waals surface area contributed by atoms with Gasteiger partial charge in [0.2, 0.25) is 0 Å². The molecule has 1 aromatic carbocycles. The lowest BCUT2D eigenvalue weighted by Gasteiger charge is -2.22. The van der Waals surface area contributed by atoms with E-state index in [1.54, 1.807) is 41.4 Å². The number of benzene rings is 1. The minimum absolute atomic E-state index is 0.116. The van der Waals surface area contributed by atoms with Gasteiger partial charge in [-0.1, -0.05) is 18.2 Å². The minimum Gasteiger partial charge on any atom is -0.483 e. The van der Waals surface area contributed by atoms with E-state index in [0.717, 1.165) is 9.75 Å². The Bertz CT molecular complexity index is 1110. The molecule has 0 N–H and O–H groups in total. The molecule has 1 fully saturated rings. The lowest BCUT2D eigenvalue weighted by atomic mass is 9.98. The molecular formula is C22H18FNO4S2. The number of likely N-dealkylation sites (tertiary alicyclic amines) is 1. The van der Waals surface area contributed by atoms with E-state index in [1.807, 2.05) is 23.6 Å². The van der Waals surface area contributed by atoms with Crippen LogP contribution >= 0.6 is 22.7 Å². The van der Waals surface area contributed by atoms with Gasteiger partial charge in [-0.25, -0.2) is 4.39 Å². The van der Waals surface area contributed by atoms with Crippen molar-refractivity contribution in [3.05, 3.63) is 64.1 Å². The molecule has 1 amide bonds. The molecule has 154 valence electrons. The Hall–Kier alpha value is -2.71. The fraction of sp³-hybridized carbons (Fsp3) is 0.273. The van der Waals surface area contributed by atoms with Gasteiger partial charge in [-0.3, -0.25) is 9.59 Å². The summed E-state index contributed by atoms with van der Waals surface area (Å²) < 4.78 is 25.4. The van der Waals surface area contributed by atoms with Gasteiger partial charge < -0.3 is 14.4 Å². The van der Waals surface area contributed by atoms with Crippen LogP contribution in [0.5, 0.6) is 5.75 Å². The number of thiophene rings is 2. The molecular weight excluding hydrogens is 425 g/mol. The molecule has 8 heteroatoms. The summed E-state index contributed by atoms with van der Waals surface area (Å²) in [6, 6.07) is 11.9. The van der Waals surface area contributed by atoms with Crippen molar-refractivity contribution in [3.8, 4) is 15.5 Å². The van der Waals surface area contributed by atoms with Crippen molar-refractivity contribution in [2.24, 2.45) is 5.92 Å². The summed E-state index contributed by atoms with van der Waals surface area (Å²) in [7, 11) is 0. The SMILES string of the molecule is CCOC(=O)[C@@H]1CN(C(=O)c2ccc(-c3cccs3)s2)[C@H]2c3cccc(F)c3O[C@@H]12. The van der Waals surface area contributed by atoms with Crippen molar-refractivity contribution in [2.45, 2.75) is 19.1 Å². The highest BCUT2D eigenvalue weighted by Crippen LogP contribution is 2.49.